The smallest absolute Gasteiger partial charge is 0.251 e. The standard InChI is InChI=1S/C13H21N3O2/c1-10-4-3-5-13(10,9-14)15-12(17)11-8-16(2)6-7-18-11/h10-11H,3-8H2,1-2H3,(H,15,17). The van der Waals surface area contributed by atoms with E-state index in [0.29, 0.717) is 13.2 Å². The van der Waals surface area contributed by atoms with Gasteiger partial charge in [-0.1, -0.05) is 6.92 Å². The zero-order valence-corrected chi connectivity index (χ0v) is 11.1. The Bertz CT molecular complexity index is 366. The molecule has 1 N–H and O–H groups in total. The predicted octanol–water partition coefficient (Wildman–Crippen LogP) is 0.516. The molecule has 3 unspecified atom stereocenters. The summed E-state index contributed by atoms with van der Waals surface area (Å²) < 4.78 is 5.48. The molecule has 2 fully saturated rings. The molecule has 5 nitrogen and oxygen atoms in total. The third-order valence-electron chi connectivity index (χ3n) is 4.16. The number of nitriles is 1. The van der Waals surface area contributed by atoms with Gasteiger partial charge in [-0.05, 0) is 32.2 Å². The Morgan fingerprint density at radius 3 is 2.94 bits per heavy atom. The van der Waals surface area contributed by atoms with Crippen LogP contribution in [-0.4, -0.2) is 49.2 Å². The predicted molar refractivity (Wildman–Crippen MR) is 66.7 cm³/mol. The largest absolute Gasteiger partial charge is 0.366 e. The lowest BCUT2D eigenvalue weighted by Crippen LogP contribution is -2.56. The van der Waals surface area contributed by atoms with Crippen molar-refractivity contribution >= 4 is 5.91 Å². The van der Waals surface area contributed by atoms with E-state index in [0.717, 1.165) is 25.8 Å². The summed E-state index contributed by atoms with van der Waals surface area (Å²) in [4.78, 5) is 14.3. The number of ether oxygens (including phenoxy) is 1. The van der Waals surface area contributed by atoms with Gasteiger partial charge in [0.15, 0.2) is 0 Å². The Labute approximate surface area is 108 Å². The average molecular weight is 251 g/mol. The van der Waals surface area contributed by atoms with Crippen molar-refractivity contribution in [1.82, 2.24) is 10.2 Å². The quantitative estimate of drug-likeness (QED) is 0.777. The second-order valence-corrected chi connectivity index (χ2v) is 5.49. The SMILES string of the molecule is CC1CCCC1(C#N)NC(=O)C1CN(C)CCO1. The second kappa shape index (κ2) is 5.25. The lowest BCUT2D eigenvalue weighted by atomic mass is 9.89. The number of carbonyl (C=O) groups excluding carboxylic acids is 1. The number of likely N-dealkylation sites (N-methyl/N-ethyl adjacent to an activating group) is 1. The summed E-state index contributed by atoms with van der Waals surface area (Å²) in [7, 11) is 1.97. The zero-order chi connectivity index (χ0) is 13.2. The fraction of sp³-hybridized carbons (Fsp3) is 0.846. The van der Waals surface area contributed by atoms with Crippen molar-refractivity contribution in [1.29, 1.82) is 5.26 Å². The maximum Gasteiger partial charge on any atom is 0.251 e. The van der Waals surface area contributed by atoms with Gasteiger partial charge in [0.25, 0.3) is 5.91 Å². The van der Waals surface area contributed by atoms with Gasteiger partial charge in [-0.15, -0.1) is 0 Å². The van der Waals surface area contributed by atoms with E-state index in [1.54, 1.807) is 0 Å². The minimum absolute atomic E-state index is 0.142. The van der Waals surface area contributed by atoms with Gasteiger partial charge in [0.1, 0.15) is 11.6 Å². The van der Waals surface area contributed by atoms with Crippen LogP contribution in [0.4, 0.5) is 0 Å². The molecule has 1 aliphatic heterocycles. The van der Waals surface area contributed by atoms with Gasteiger partial charge in [-0.3, -0.25) is 4.79 Å². The Balaban J connectivity index is 2.00. The maximum atomic E-state index is 12.2. The normalized spacial score (nSPS) is 37.2. The van der Waals surface area contributed by atoms with E-state index in [4.69, 9.17) is 4.74 Å². The van der Waals surface area contributed by atoms with Gasteiger partial charge in [-0.2, -0.15) is 5.26 Å². The summed E-state index contributed by atoms with van der Waals surface area (Å²) in [5.74, 6) is 0.0737. The number of hydrogen-bond acceptors (Lipinski definition) is 4. The first-order valence-electron chi connectivity index (χ1n) is 6.61. The van der Waals surface area contributed by atoms with Gasteiger partial charge in [-0.25, -0.2) is 0 Å². The highest BCUT2D eigenvalue weighted by molar-refractivity contribution is 5.82. The number of nitrogens with one attached hydrogen (secondary N) is 1. The van der Waals surface area contributed by atoms with Crippen molar-refractivity contribution in [3.8, 4) is 6.07 Å². The Morgan fingerprint density at radius 1 is 1.61 bits per heavy atom. The topological polar surface area (TPSA) is 65.4 Å². The molecule has 3 atom stereocenters. The molecule has 0 spiro atoms. The molecule has 0 bridgehead atoms. The molecule has 2 aliphatic rings. The molecule has 0 aromatic heterocycles. The zero-order valence-electron chi connectivity index (χ0n) is 11.1. The molecule has 2 rings (SSSR count). The van der Waals surface area contributed by atoms with Crippen molar-refractivity contribution in [2.45, 2.75) is 37.8 Å². The first kappa shape index (κ1) is 13.3. The number of amides is 1. The molecule has 1 aliphatic carbocycles. The summed E-state index contributed by atoms with van der Waals surface area (Å²) in [5, 5.41) is 12.3. The van der Waals surface area contributed by atoms with Crippen LogP contribution in [0.5, 0.6) is 0 Å². The first-order chi connectivity index (χ1) is 8.57. The van der Waals surface area contributed by atoms with Crippen LogP contribution in [-0.2, 0) is 9.53 Å². The highest BCUT2D eigenvalue weighted by Gasteiger charge is 2.43. The fourth-order valence-corrected chi connectivity index (χ4v) is 2.80. The summed E-state index contributed by atoms with van der Waals surface area (Å²) in [5.41, 5.74) is -0.684. The number of nitrogens with zero attached hydrogens (tertiary/aromatic N) is 2. The van der Waals surface area contributed by atoms with Crippen molar-refractivity contribution in [3.63, 3.8) is 0 Å². The Morgan fingerprint density at radius 2 is 2.39 bits per heavy atom. The van der Waals surface area contributed by atoms with Crippen LogP contribution >= 0.6 is 0 Å². The minimum Gasteiger partial charge on any atom is -0.366 e. The van der Waals surface area contributed by atoms with E-state index in [1.165, 1.54) is 0 Å². The van der Waals surface area contributed by atoms with Crippen LogP contribution in [0.15, 0.2) is 0 Å². The Hall–Kier alpha value is -1.12. The minimum atomic E-state index is -0.684. The summed E-state index contributed by atoms with van der Waals surface area (Å²) in [6, 6.07) is 2.31. The van der Waals surface area contributed by atoms with Gasteiger partial charge in [0.2, 0.25) is 0 Å². The molecule has 1 saturated carbocycles. The van der Waals surface area contributed by atoms with E-state index < -0.39 is 11.6 Å². The monoisotopic (exact) mass is 251 g/mol. The molecular weight excluding hydrogens is 230 g/mol. The lowest BCUT2D eigenvalue weighted by molar-refractivity contribution is -0.139. The summed E-state index contributed by atoms with van der Waals surface area (Å²) in [6.45, 7) is 4.05. The first-order valence-corrected chi connectivity index (χ1v) is 6.61. The third-order valence-corrected chi connectivity index (χ3v) is 4.16. The number of carbonyl (C=O) groups is 1. The van der Waals surface area contributed by atoms with Crippen molar-refractivity contribution < 1.29 is 9.53 Å². The molecule has 1 heterocycles. The van der Waals surface area contributed by atoms with E-state index >= 15 is 0 Å². The number of rotatable bonds is 2. The summed E-state index contributed by atoms with van der Waals surface area (Å²) in [6.07, 6.45) is 2.31. The van der Waals surface area contributed by atoms with E-state index in [2.05, 4.69) is 16.3 Å². The number of morpholine rings is 1. The van der Waals surface area contributed by atoms with Crippen molar-refractivity contribution in [2.75, 3.05) is 26.7 Å². The van der Waals surface area contributed by atoms with Gasteiger partial charge >= 0.3 is 0 Å². The molecule has 0 aromatic carbocycles. The van der Waals surface area contributed by atoms with E-state index in [-0.39, 0.29) is 11.8 Å². The molecule has 100 valence electrons. The van der Waals surface area contributed by atoms with Crippen LogP contribution in [0, 0.1) is 17.2 Å². The molecule has 1 saturated heterocycles. The molecule has 1 amide bonds. The van der Waals surface area contributed by atoms with Crippen LogP contribution in [0.25, 0.3) is 0 Å². The van der Waals surface area contributed by atoms with Crippen LogP contribution in [0.3, 0.4) is 0 Å². The van der Waals surface area contributed by atoms with Gasteiger partial charge < -0.3 is 15.0 Å². The van der Waals surface area contributed by atoms with Gasteiger partial charge in [0, 0.05) is 13.1 Å². The van der Waals surface area contributed by atoms with E-state index in [1.807, 2.05) is 14.0 Å². The molecular formula is C13H21N3O2. The van der Waals surface area contributed by atoms with Gasteiger partial charge in [0.05, 0.1) is 12.7 Å². The molecule has 5 heteroatoms. The van der Waals surface area contributed by atoms with Crippen LogP contribution in [0.2, 0.25) is 0 Å². The third kappa shape index (κ3) is 2.50. The van der Waals surface area contributed by atoms with Crippen molar-refractivity contribution in [2.24, 2.45) is 5.92 Å². The number of hydrogen-bond donors (Lipinski definition) is 1. The summed E-state index contributed by atoms with van der Waals surface area (Å²) >= 11 is 0. The molecule has 18 heavy (non-hydrogen) atoms. The van der Waals surface area contributed by atoms with E-state index in [9.17, 15) is 10.1 Å². The maximum absolute atomic E-state index is 12.2. The fourth-order valence-electron chi connectivity index (χ4n) is 2.80. The van der Waals surface area contributed by atoms with Crippen LogP contribution in [0.1, 0.15) is 26.2 Å². The average Bonchev–Trinajstić information content (AvgIpc) is 2.71. The highest BCUT2D eigenvalue weighted by Crippen LogP contribution is 2.35. The molecule has 0 aromatic rings. The molecule has 0 radical (unpaired) electrons. The Kier molecular flexibility index (Phi) is 3.88. The van der Waals surface area contributed by atoms with Crippen LogP contribution < -0.4 is 5.32 Å². The van der Waals surface area contributed by atoms with Crippen molar-refractivity contribution in [3.05, 3.63) is 0 Å². The lowest BCUT2D eigenvalue weighted by Gasteiger charge is -2.33. The second-order valence-electron chi connectivity index (χ2n) is 5.49. The highest BCUT2D eigenvalue weighted by atomic mass is 16.5.